The van der Waals surface area contributed by atoms with Gasteiger partial charge in [0, 0.05) is 11.6 Å². The first kappa shape index (κ1) is 10.4. The molecular weight excluding hydrogens is 226 g/mol. The van der Waals surface area contributed by atoms with E-state index < -0.39 is 6.03 Å². The second-order valence-corrected chi connectivity index (χ2v) is 3.83. The number of benzene rings is 1. The Morgan fingerprint density at radius 2 is 2.12 bits per heavy atom. The van der Waals surface area contributed by atoms with E-state index in [1.807, 2.05) is 0 Å². The third-order valence-corrected chi connectivity index (χ3v) is 2.49. The molecule has 0 fully saturated rings. The van der Waals surface area contributed by atoms with Crippen LogP contribution in [-0.2, 0) is 0 Å². The molecule has 3 N–H and O–H groups in total. The topological polar surface area (TPSA) is 74.2 Å². The van der Waals surface area contributed by atoms with E-state index in [9.17, 15) is 9.90 Å². The monoisotopic (exact) mass is 235 g/mol. The Hall–Kier alpha value is -2.08. The highest BCUT2D eigenvalue weighted by molar-refractivity contribution is 7.13. The molecular formula is C10H9N3O2S. The number of rotatable bonds is 2. The molecule has 1 aromatic carbocycles. The van der Waals surface area contributed by atoms with Crippen LogP contribution in [0.2, 0.25) is 0 Å². The number of aromatic nitrogens is 1. The van der Waals surface area contributed by atoms with Gasteiger partial charge in [0.25, 0.3) is 0 Å². The minimum Gasteiger partial charge on any atom is -0.506 e. The molecule has 0 unspecified atom stereocenters. The smallest absolute Gasteiger partial charge is 0.325 e. The van der Waals surface area contributed by atoms with Crippen molar-refractivity contribution in [2.45, 2.75) is 0 Å². The molecule has 0 aliphatic carbocycles. The molecule has 6 heteroatoms. The van der Waals surface area contributed by atoms with Crippen molar-refractivity contribution < 1.29 is 9.90 Å². The zero-order valence-electron chi connectivity index (χ0n) is 8.18. The minimum absolute atomic E-state index is 0.0248. The number of phenols is 1. The average molecular weight is 235 g/mol. The summed E-state index contributed by atoms with van der Waals surface area (Å²) in [6.07, 6.45) is 1.60. The van der Waals surface area contributed by atoms with Crippen LogP contribution in [0.4, 0.5) is 15.6 Å². The van der Waals surface area contributed by atoms with Crippen LogP contribution in [0, 0.1) is 0 Å². The fraction of sp³-hybridized carbons (Fsp3) is 0. The van der Waals surface area contributed by atoms with E-state index in [4.69, 9.17) is 0 Å². The van der Waals surface area contributed by atoms with E-state index in [1.165, 1.54) is 17.4 Å². The number of carbonyl (C=O) groups is 1. The van der Waals surface area contributed by atoms with E-state index in [-0.39, 0.29) is 5.75 Å². The number of urea groups is 1. The van der Waals surface area contributed by atoms with E-state index in [0.717, 1.165) is 0 Å². The van der Waals surface area contributed by atoms with Gasteiger partial charge in [0.05, 0.1) is 5.69 Å². The molecule has 1 aromatic heterocycles. The lowest BCUT2D eigenvalue weighted by Gasteiger charge is -2.06. The van der Waals surface area contributed by atoms with E-state index >= 15 is 0 Å². The number of hydrogen-bond acceptors (Lipinski definition) is 4. The second-order valence-electron chi connectivity index (χ2n) is 2.93. The Balaban J connectivity index is 2.00. The third kappa shape index (κ3) is 2.48. The summed E-state index contributed by atoms with van der Waals surface area (Å²) in [4.78, 5) is 15.4. The van der Waals surface area contributed by atoms with Gasteiger partial charge in [0.1, 0.15) is 5.75 Å². The number of nitrogens with one attached hydrogen (secondary N) is 2. The SMILES string of the molecule is O=C(Nc1nccs1)Nc1ccccc1O. The number of para-hydroxylation sites is 2. The van der Waals surface area contributed by atoms with E-state index in [2.05, 4.69) is 15.6 Å². The highest BCUT2D eigenvalue weighted by Gasteiger charge is 2.06. The second kappa shape index (κ2) is 4.63. The summed E-state index contributed by atoms with van der Waals surface area (Å²) in [7, 11) is 0. The van der Waals surface area contributed by atoms with Crippen LogP contribution in [0.5, 0.6) is 5.75 Å². The maximum Gasteiger partial charge on any atom is 0.325 e. The highest BCUT2D eigenvalue weighted by Crippen LogP contribution is 2.21. The predicted molar refractivity (Wildman–Crippen MR) is 62.9 cm³/mol. The Morgan fingerprint density at radius 3 is 2.81 bits per heavy atom. The van der Waals surface area contributed by atoms with Gasteiger partial charge in [-0.2, -0.15) is 0 Å². The Kier molecular flexibility index (Phi) is 3.02. The molecule has 5 nitrogen and oxygen atoms in total. The molecule has 0 spiro atoms. The first-order valence-electron chi connectivity index (χ1n) is 4.51. The Morgan fingerprint density at radius 1 is 1.31 bits per heavy atom. The number of amides is 2. The molecule has 0 bridgehead atoms. The van der Waals surface area contributed by atoms with Crippen molar-refractivity contribution in [3.63, 3.8) is 0 Å². The molecule has 1 heterocycles. The maximum atomic E-state index is 11.5. The molecule has 0 aliphatic rings. The molecule has 2 aromatic rings. The summed E-state index contributed by atoms with van der Waals surface area (Å²) in [5.74, 6) is 0.0248. The van der Waals surface area contributed by atoms with Crippen molar-refractivity contribution in [1.29, 1.82) is 0 Å². The quantitative estimate of drug-likeness (QED) is 0.700. The van der Waals surface area contributed by atoms with Crippen LogP contribution in [0.25, 0.3) is 0 Å². The highest BCUT2D eigenvalue weighted by atomic mass is 32.1. The number of carbonyl (C=O) groups excluding carboxylic acids is 1. The van der Waals surface area contributed by atoms with Crippen molar-refractivity contribution in [2.24, 2.45) is 0 Å². The molecule has 2 rings (SSSR count). The summed E-state index contributed by atoms with van der Waals surface area (Å²) in [6.45, 7) is 0. The van der Waals surface area contributed by atoms with Gasteiger partial charge in [0.2, 0.25) is 0 Å². The molecule has 82 valence electrons. The zero-order chi connectivity index (χ0) is 11.4. The molecule has 0 saturated heterocycles. The van der Waals surface area contributed by atoms with Crippen molar-refractivity contribution in [3.05, 3.63) is 35.8 Å². The summed E-state index contributed by atoms with van der Waals surface area (Å²) in [6, 6.07) is 6.07. The number of nitrogens with zero attached hydrogens (tertiary/aromatic N) is 1. The van der Waals surface area contributed by atoms with Gasteiger partial charge in [-0.1, -0.05) is 12.1 Å². The van der Waals surface area contributed by atoms with Crippen LogP contribution in [0.1, 0.15) is 0 Å². The van der Waals surface area contributed by atoms with Crippen molar-refractivity contribution in [2.75, 3.05) is 10.6 Å². The van der Waals surface area contributed by atoms with Crippen LogP contribution in [-0.4, -0.2) is 16.1 Å². The summed E-state index contributed by atoms with van der Waals surface area (Å²) >= 11 is 1.32. The zero-order valence-corrected chi connectivity index (χ0v) is 8.99. The minimum atomic E-state index is -0.434. The number of anilines is 2. The predicted octanol–water partition coefficient (Wildman–Crippen LogP) is 2.49. The Labute approximate surface area is 95.8 Å². The lowest BCUT2D eigenvalue weighted by Crippen LogP contribution is -2.19. The summed E-state index contributed by atoms with van der Waals surface area (Å²) in [5.41, 5.74) is 0.358. The fourth-order valence-corrected chi connectivity index (χ4v) is 1.64. The number of thiazole rings is 1. The first-order valence-corrected chi connectivity index (χ1v) is 5.39. The molecule has 16 heavy (non-hydrogen) atoms. The van der Waals surface area contributed by atoms with Crippen LogP contribution >= 0.6 is 11.3 Å². The fourth-order valence-electron chi connectivity index (χ4n) is 1.12. The van der Waals surface area contributed by atoms with Gasteiger partial charge < -0.3 is 10.4 Å². The van der Waals surface area contributed by atoms with Gasteiger partial charge in [-0.3, -0.25) is 5.32 Å². The van der Waals surface area contributed by atoms with Gasteiger partial charge in [-0.05, 0) is 12.1 Å². The summed E-state index contributed by atoms with van der Waals surface area (Å²) < 4.78 is 0. The normalized spacial score (nSPS) is 9.75. The van der Waals surface area contributed by atoms with Gasteiger partial charge in [-0.15, -0.1) is 11.3 Å². The molecule has 0 radical (unpaired) electrons. The number of hydrogen-bond donors (Lipinski definition) is 3. The first-order chi connectivity index (χ1) is 7.75. The molecule has 0 saturated carbocycles. The lowest BCUT2D eigenvalue weighted by atomic mass is 10.3. The Bertz CT molecular complexity index is 485. The lowest BCUT2D eigenvalue weighted by molar-refractivity contribution is 0.262. The van der Waals surface area contributed by atoms with E-state index in [1.54, 1.807) is 29.8 Å². The van der Waals surface area contributed by atoms with Crippen molar-refractivity contribution in [3.8, 4) is 5.75 Å². The molecule has 2 amide bonds. The van der Waals surface area contributed by atoms with Crippen LogP contribution in [0.3, 0.4) is 0 Å². The number of aromatic hydroxyl groups is 1. The van der Waals surface area contributed by atoms with Crippen molar-refractivity contribution in [1.82, 2.24) is 4.98 Å². The molecule has 0 aliphatic heterocycles. The van der Waals surface area contributed by atoms with Crippen molar-refractivity contribution >= 4 is 28.2 Å². The largest absolute Gasteiger partial charge is 0.506 e. The van der Waals surface area contributed by atoms with Gasteiger partial charge in [0.15, 0.2) is 5.13 Å². The third-order valence-electron chi connectivity index (χ3n) is 1.81. The van der Waals surface area contributed by atoms with Crippen LogP contribution in [0.15, 0.2) is 35.8 Å². The molecule has 0 atom stereocenters. The summed E-state index contributed by atoms with van der Waals surface area (Å²) in [5, 5.41) is 16.8. The maximum absolute atomic E-state index is 11.5. The van der Waals surface area contributed by atoms with E-state index in [0.29, 0.717) is 10.8 Å². The average Bonchev–Trinajstić information content (AvgIpc) is 2.74. The number of phenolic OH excluding ortho intramolecular Hbond substituents is 1. The van der Waals surface area contributed by atoms with Gasteiger partial charge in [-0.25, -0.2) is 9.78 Å². The van der Waals surface area contributed by atoms with Crippen LogP contribution < -0.4 is 10.6 Å². The standard InChI is InChI=1S/C10H9N3O2S/c14-8-4-2-1-3-7(8)12-9(15)13-10-11-5-6-16-10/h1-6,14H,(H2,11,12,13,15). The van der Waals surface area contributed by atoms with Gasteiger partial charge >= 0.3 is 6.03 Å².